The Morgan fingerprint density at radius 1 is 1.27 bits per heavy atom. The van der Waals surface area contributed by atoms with Gasteiger partial charge in [0.05, 0.1) is 6.20 Å². The van der Waals surface area contributed by atoms with Crippen molar-refractivity contribution in [3.8, 4) is 0 Å². The smallest absolute Gasteiger partial charge is 0.293 e. The molecule has 4 heterocycles. The van der Waals surface area contributed by atoms with Gasteiger partial charge in [-0.15, -0.1) is 0 Å². The SMILES string of the molecule is Cn1ccnc(N2CCCC(NC(=O)c3cnn4cccnc34)C2)c1=O. The molecule has 3 aromatic heterocycles. The number of aromatic nitrogens is 5. The standard InChI is InChI=1S/C17H19N7O2/c1-22-9-6-19-15(17(22)26)23-7-2-4-12(11-23)21-16(25)13-10-20-24-8-3-5-18-14(13)24/h3,5-6,8-10,12H,2,4,7,11H2,1H3,(H,21,25). The second kappa shape index (κ2) is 6.58. The lowest BCUT2D eigenvalue weighted by Crippen LogP contribution is -2.49. The molecular weight excluding hydrogens is 334 g/mol. The van der Waals surface area contributed by atoms with Crippen molar-refractivity contribution in [2.75, 3.05) is 18.0 Å². The summed E-state index contributed by atoms with van der Waals surface area (Å²) in [5.74, 6) is 0.214. The lowest BCUT2D eigenvalue weighted by Gasteiger charge is -2.33. The number of carbonyl (C=O) groups excluding carboxylic acids is 1. The second-order valence-corrected chi connectivity index (χ2v) is 6.37. The molecule has 1 N–H and O–H groups in total. The first-order valence-corrected chi connectivity index (χ1v) is 8.49. The van der Waals surface area contributed by atoms with E-state index < -0.39 is 0 Å². The van der Waals surface area contributed by atoms with Crippen molar-refractivity contribution in [2.45, 2.75) is 18.9 Å². The van der Waals surface area contributed by atoms with E-state index in [4.69, 9.17) is 0 Å². The Labute approximate surface area is 149 Å². The average molecular weight is 353 g/mol. The number of amides is 1. The van der Waals surface area contributed by atoms with Gasteiger partial charge in [-0.05, 0) is 18.9 Å². The molecule has 1 aliphatic rings. The second-order valence-electron chi connectivity index (χ2n) is 6.37. The lowest BCUT2D eigenvalue weighted by molar-refractivity contribution is 0.0934. The van der Waals surface area contributed by atoms with Crippen LogP contribution in [0, 0.1) is 0 Å². The third-order valence-corrected chi connectivity index (χ3v) is 4.58. The number of hydrogen-bond acceptors (Lipinski definition) is 6. The number of carbonyl (C=O) groups is 1. The molecule has 0 saturated carbocycles. The number of hydrogen-bond donors (Lipinski definition) is 1. The minimum absolute atomic E-state index is 0.0679. The van der Waals surface area contributed by atoms with Gasteiger partial charge in [-0.3, -0.25) is 9.59 Å². The Morgan fingerprint density at radius 2 is 2.15 bits per heavy atom. The summed E-state index contributed by atoms with van der Waals surface area (Å²) in [6.07, 6.45) is 9.87. The molecule has 9 nitrogen and oxygen atoms in total. The van der Waals surface area contributed by atoms with Crippen LogP contribution in [0.25, 0.3) is 5.65 Å². The van der Waals surface area contributed by atoms with Crippen LogP contribution >= 0.6 is 0 Å². The van der Waals surface area contributed by atoms with Gasteiger partial charge in [0.2, 0.25) is 0 Å². The van der Waals surface area contributed by atoms with Crippen molar-refractivity contribution in [3.63, 3.8) is 0 Å². The van der Waals surface area contributed by atoms with Gasteiger partial charge >= 0.3 is 0 Å². The number of nitrogens with one attached hydrogen (secondary N) is 1. The topological polar surface area (TPSA) is 97.4 Å². The van der Waals surface area contributed by atoms with Crippen molar-refractivity contribution in [2.24, 2.45) is 7.05 Å². The zero-order valence-corrected chi connectivity index (χ0v) is 14.4. The molecule has 0 spiro atoms. The summed E-state index contributed by atoms with van der Waals surface area (Å²) in [5.41, 5.74) is 0.832. The van der Waals surface area contributed by atoms with E-state index in [-0.39, 0.29) is 17.5 Å². The van der Waals surface area contributed by atoms with E-state index in [1.807, 2.05) is 4.90 Å². The molecule has 134 valence electrons. The van der Waals surface area contributed by atoms with Crippen molar-refractivity contribution in [1.82, 2.24) is 29.5 Å². The van der Waals surface area contributed by atoms with Gasteiger partial charge in [0.1, 0.15) is 5.56 Å². The van der Waals surface area contributed by atoms with Crippen LogP contribution in [0.3, 0.4) is 0 Å². The molecule has 1 unspecified atom stereocenters. The first-order valence-electron chi connectivity index (χ1n) is 8.49. The van der Waals surface area contributed by atoms with Gasteiger partial charge in [0, 0.05) is 51.0 Å². The Morgan fingerprint density at radius 3 is 3.04 bits per heavy atom. The minimum Gasteiger partial charge on any atom is -0.350 e. The Hall–Kier alpha value is -3.23. The molecule has 0 aliphatic carbocycles. The van der Waals surface area contributed by atoms with Crippen molar-refractivity contribution in [1.29, 1.82) is 0 Å². The molecule has 0 radical (unpaired) electrons. The summed E-state index contributed by atoms with van der Waals surface area (Å²) in [7, 11) is 1.70. The van der Waals surface area contributed by atoms with Gasteiger partial charge in [-0.2, -0.15) is 5.10 Å². The van der Waals surface area contributed by atoms with Crippen molar-refractivity contribution < 1.29 is 4.79 Å². The predicted molar refractivity (Wildman–Crippen MR) is 95.2 cm³/mol. The van der Waals surface area contributed by atoms with Crippen LogP contribution in [0.15, 0.2) is 41.8 Å². The first-order chi connectivity index (χ1) is 12.6. The Bertz CT molecular complexity index is 1010. The van der Waals surface area contributed by atoms with Crippen LogP contribution in [-0.4, -0.2) is 49.2 Å². The summed E-state index contributed by atoms with van der Waals surface area (Å²) < 4.78 is 3.08. The monoisotopic (exact) mass is 353 g/mol. The summed E-state index contributed by atoms with van der Waals surface area (Å²) in [5, 5.41) is 7.18. The summed E-state index contributed by atoms with van der Waals surface area (Å²) in [6, 6.07) is 1.69. The number of piperidine rings is 1. The number of anilines is 1. The van der Waals surface area contributed by atoms with E-state index in [2.05, 4.69) is 20.4 Å². The molecule has 3 aromatic rings. The zero-order chi connectivity index (χ0) is 18.1. The highest BCUT2D eigenvalue weighted by atomic mass is 16.2. The van der Waals surface area contributed by atoms with Gasteiger partial charge in [0.15, 0.2) is 11.5 Å². The summed E-state index contributed by atoms with van der Waals surface area (Å²) >= 11 is 0. The van der Waals surface area contributed by atoms with E-state index in [1.165, 1.54) is 10.8 Å². The fourth-order valence-corrected chi connectivity index (χ4v) is 3.24. The molecule has 1 atom stereocenters. The Kier molecular flexibility index (Phi) is 4.11. The molecule has 4 rings (SSSR count). The number of fused-ring (bicyclic) bond motifs is 1. The highest BCUT2D eigenvalue weighted by Crippen LogP contribution is 2.15. The quantitative estimate of drug-likeness (QED) is 0.724. The fraction of sp³-hybridized carbons (Fsp3) is 0.353. The third kappa shape index (κ3) is 2.92. The third-order valence-electron chi connectivity index (χ3n) is 4.58. The van der Waals surface area contributed by atoms with Crippen molar-refractivity contribution in [3.05, 3.63) is 53.0 Å². The van der Waals surface area contributed by atoms with Crippen LogP contribution in [0.5, 0.6) is 0 Å². The number of nitrogens with zero attached hydrogens (tertiary/aromatic N) is 6. The van der Waals surface area contributed by atoms with Crippen molar-refractivity contribution >= 4 is 17.4 Å². The van der Waals surface area contributed by atoms with E-state index in [1.54, 1.807) is 42.4 Å². The van der Waals surface area contributed by atoms with Gasteiger partial charge in [0.25, 0.3) is 11.5 Å². The summed E-state index contributed by atoms with van der Waals surface area (Å²) in [6.45, 7) is 1.29. The van der Waals surface area contributed by atoms with Gasteiger partial charge < -0.3 is 14.8 Å². The normalized spacial score (nSPS) is 17.4. The highest BCUT2D eigenvalue weighted by molar-refractivity contribution is 5.99. The van der Waals surface area contributed by atoms with Crippen LogP contribution in [-0.2, 0) is 7.05 Å². The zero-order valence-electron chi connectivity index (χ0n) is 14.4. The maximum absolute atomic E-state index is 12.6. The van der Waals surface area contributed by atoms with Crippen LogP contribution in [0.1, 0.15) is 23.2 Å². The maximum atomic E-state index is 12.6. The van der Waals surface area contributed by atoms with E-state index >= 15 is 0 Å². The number of rotatable bonds is 3. The lowest BCUT2D eigenvalue weighted by atomic mass is 10.1. The molecule has 9 heteroatoms. The van der Waals surface area contributed by atoms with Crippen LogP contribution in [0.2, 0.25) is 0 Å². The van der Waals surface area contributed by atoms with Crippen LogP contribution in [0.4, 0.5) is 5.82 Å². The van der Waals surface area contributed by atoms with Gasteiger partial charge in [-0.25, -0.2) is 14.5 Å². The largest absolute Gasteiger partial charge is 0.350 e. The molecule has 0 bridgehead atoms. The number of aryl methyl sites for hydroxylation is 1. The predicted octanol–water partition coefficient (Wildman–Crippen LogP) is 0.222. The molecular formula is C17H19N7O2. The highest BCUT2D eigenvalue weighted by Gasteiger charge is 2.25. The Balaban J connectivity index is 1.51. The van der Waals surface area contributed by atoms with E-state index in [9.17, 15) is 9.59 Å². The maximum Gasteiger partial charge on any atom is 0.293 e. The molecule has 26 heavy (non-hydrogen) atoms. The molecule has 1 aliphatic heterocycles. The van der Waals surface area contributed by atoms with Crippen LogP contribution < -0.4 is 15.8 Å². The van der Waals surface area contributed by atoms with E-state index in [0.717, 1.165) is 19.4 Å². The fourth-order valence-electron chi connectivity index (χ4n) is 3.24. The molecule has 1 amide bonds. The summed E-state index contributed by atoms with van der Waals surface area (Å²) in [4.78, 5) is 35.3. The minimum atomic E-state index is -0.209. The molecule has 1 saturated heterocycles. The molecule has 0 aromatic carbocycles. The first kappa shape index (κ1) is 16.2. The molecule has 1 fully saturated rings. The average Bonchev–Trinajstić information content (AvgIpc) is 3.08. The van der Waals surface area contributed by atoms with Gasteiger partial charge in [-0.1, -0.05) is 0 Å². The van der Waals surface area contributed by atoms with E-state index in [0.29, 0.717) is 23.6 Å².